The summed E-state index contributed by atoms with van der Waals surface area (Å²) in [6.07, 6.45) is 7.01. The summed E-state index contributed by atoms with van der Waals surface area (Å²) < 4.78 is 0. The summed E-state index contributed by atoms with van der Waals surface area (Å²) in [4.78, 5) is 42.3. The maximum Gasteiger partial charge on any atom is 0.254 e. The number of para-hydroxylation sites is 1. The van der Waals surface area contributed by atoms with E-state index in [-0.39, 0.29) is 17.7 Å². The molecule has 1 saturated carbocycles. The van der Waals surface area contributed by atoms with Crippen molar-refractivity contribution in [2.75, 3.05) is 11.4 Å². The molecule has 1 fully saturated rings. The number of hydrogen-bond donors (Lipinski definition) is 2. The van der Waals surface area contributed by atoms with Gasteiger partial charge in [0.2, 0.25) is 11.8 Å². The maximum atomic E-state index is 14.3. The van der Waals surface area contributed by atoms with Crippen molar-refractivity contribution in [3.63, 3.8) is 0 Å². The lowest BCUT2D eigenvalue weighted by Gasteiger charge is -2.31. The molecule has 2 aromatic carbocycles. The third kappa shape index (κ3) is 5.79. The predicted molar refractivity (Wildman–Crippen MR) is 148 cm³/mol. The molecule has 3 amide bonds. The molecule has 0 bridgehead atoms. The van der Waals surface area contributed by atoms with E-state index in [2.05, 4.69) is 11.9 Å². The fourth-order valence-corrected chi connectivity index (χ4v) is 5.99. The number of anilines is 1. The lowest BCUT2D eigenvalue weighted by atomic mass is 9.82. The average molecular weight is 502 g/mol. The molecule has 2 aliphatic rings. The number of carbonyl (C=O) groups is 3. The lowest BCUT2D eigenvalue weighted by molar-refractivity contribution is -0.136. The van der Waals surface area contributed by atoms with Crippen molar-refractivity contribution in [1.29, 1.82) is 0 Å². The van der Waals surface area contributed by atoms with Crippen LogP contribution < -0.4 is 16.0 Å². The number of amides is 3. The van der Waals surface area contributed by atoms with E-state index in [0.29, 0.717) is 25.3 Å². The van der Waals surface area contributed by atoms with Crippen molar-refractivity contribution in [2.45, 2.75) is 58.4 Å². The number of carbonyl (C=O) groups excluding carboxylic acids is 3. The monoisotopic (exact) mass is 501 g/mol. The minimum absolute atomic E-state index is 0.139. The number of allylic oxidation sites excluding steroid dienone is 1. The van der Waals surface area contributed by atoms with Crippen LogP contribution in [0.3, 0.4) is 0 Å². The molecule has 0 aromatic heterocycles. The Labute approximate surface area is 220 Å². The Morgan fingerprint density at radius 1 is 1.05 bits per heavy atom. The van der Waals surface area contributed by atoms with Gasteiger partial charge in [0.15, 0.2) is 0 Å². The molecule has 37 heavy (non-hydrogen) atoms. The van der Waals surface area contributed by atoms with Crippen LogP contribution in [0.4, 0.5) is 5.69 Å². The third-order valence-electron chi connectivity index (χ3n) is 7.81. The molecule has 1 aliphatic heterocycles. The van der Waals surface area contributed by atoms with Crippen molar-refractivity contribution in [3.8, 4) is 11.1 Å². The Hall–Kier alpha value is -3.41. The summed E-state index contributed by atoms with van der Waals surface area (Å²) in [5.74, 6) is -1.70. The summed E-state index contributed by atoms with van der Waals surface area (Å²) in [6.45, 7) is 8.41. The Kier molecular flexibility index (Phi) is 8.47. The largest absolute Gasteiger partial charge is 0.369 e. The summed E-state index contributed by atoms with van der Waals surface area (Å²) in [5, 5.41) is 3.08. The first kappa shape index (κ1) is 26.6. The van der Waals surface area contributed by atoms with Gasteiger partial charge in [0.25, 0.3) is 5.91 Å². The highest BCUT2D eigenvalue weighted by Gasteiger charge is 2.39. The number of rotatable bonds is 10. The second-order valence-corrected chi connectivity index (χ2v) is 10.9. The second-order valence-electron chi connectivity index (χ2n) is 10.9. The van der Waals surface area contributed by atoms with Crippen LogP contribution in [-0.4, -0.2) is 24.3 Å². The predicted octanol–water partition coefficient (Wildman–Crippen LogP) is 5.39. The van der Waals surface area contributed by atoms with Crippen LogP contribution in [-0.2, 0) is 14.4 Å². The highest BCUT2D eigenvalue weighted by molar-refractivity contribution is 6.06. The van der Waals surface area contributed by atoms with Gasteiger partial charge in [-0.15, -0.1) is 6.58 Å². The molecule has 196 valence electrons. The topological polar surface area (TPSA) is 92.5 Å². The van der Waals surface area contributed by atoms with Gasteiger partial charge in [-0.1, -0.05) is 75.2 Å². The molecule has 3 atom stereocenters. The molecule has 2 aromatic rings. The van der Waals surface area contributed by atoms with E-state index in [1.165, 1.54) is 12.8 Å². The van der Waals surface area contributed by atoms with E-state index in [9.17, 15) is 14.4 Å². The first-order valence-corrected chi connectivity index (χ1v) is 13.5. The first-order valence-electron chi connectivity index (χ1n) is 13.5. The molecule has 0 saturated heterocycles. The zero-order valence-corrected chi connectivity index (χ0v) is 22.0. The van der Waals surface area contributed by atoms with Crippen molar-refractivity contribution in [1.82, 2.24) is 5.32 Å². The van der Waals surface area contributed by atoms with Crippen molar-refractivity contribution < 1.29 is 14.4 Å². The summed E-state index contributed by atoms with van der Waals surface area (Å²) >= 11 is 0. The number of nitrogens with zero attached hydrogens (tertiary/aromatic N) is 1. The van der Waals surface area contributed by atoms with Crippen LogP contribution in [0.5, 0.6) is 0 Å². The lowest BCUT2D eigenvalue weighted by Crippen LogP contribution is -2.47. The fraction of sp³-hybridized carbons (Fsp3) is 0.452. The van der Waals surface area contributed by atoms with Gasteiger partial charge in [0.05, 0.1) is 17.5 Å². The number of nitrogens with one attached hydrogen (secondary N) is 1. The molecular formula is C31H39N3O3. The van der Waals surface area contributed by atoms with E-state index in [1.54, 1.807) is 6.08 Å². The Morgan fingerprint density at radius 2 is 1.70 bits per heavy atom. The number of fused-ring (bicyclic) bond motifs is 3. The van der Waals surface area contributed by atoms with Crippen LogP contribution >= 0.6 is 0 Å². The van der Waals surface area contributed by atoms with Gasteiger partial charge >= 0.3 is 0 Å². The molecular weight excluding hydrogens is 462 g/mol. The van der Waals surface area contributed by atoms with Gasteiger partial charge < -0.3 is 16.0 Å². The van der Waals surface area contributed by atoms with Crippen LogP contribution in [0.1, 0.15) is 64.0 Å². The summed E-state index contributed by atoms with van der Waals surface area (Å²) in [6, 6.07) is 14.9. The van der Waals surface area contributed by atoms with E-state index in [0.717, 1.165) is 35.2 Å². The zero-order chi connectivity index (χ0) is 26.5. The van der Waals surface area contributed by atoms with Gasteiger partial charge in [-0.3, -0.25) is 14.4 Å². The molecule has 4 rings (SSSR count). The van der Waals surface area contributed by atoms with Crippen LogP contribution in [0.2, 0.25) is 0 Å². The van der Waals surface area contributed by atoms with Crippen LogP contribution in [0.15, 0.2) is 61.2 Å². The summed E-state index contributed by atoms with van der Waals surface area (Å²) in [5.41, 5.74) is 9.30. The minimum atomic E-state index is -0.857. The molecule has 3 N–H and O–H groups in total. The Bertz CT molecular complexity index is 1150. The van der Waals surface area contributed by atoms with Crippen molar-refractivity contribution in [2.24, 2.45) is 29.4 Å². The number of benzene rings is 2. The number of primary amides is 1. The van der Waals surface area contributed by atoms with Crippen molar-refractivity contribution >= 4 is 23.4 Å². The Morgan fingerprint density at radius 3 is 2.35 bits per heavy atom. The van der Waals surface area contributed by atoms with E-state index < -0.39 is 23.8 Å². The SMILES string of the molecule is C=CCC(C(N)=O)C(CC(C)C)C(=O)NC1C(=O)N(CC2CCCC2)c2ccccc2-c2ccccc21. The normalized spacial score (nSPS) is 19.1. The van der Waals surface area contributed by atoms with Gasteiger partial charge in [-0.25, -0.2) is 0 Å². The molecule has 6 nitrogen and oxygen atoms in total. The van der Waals surface area contributed by atoms with Gasteiger partial charge in [-0.2, -0.15) is 0 Å². The number of nitrogens with two attached hydrogens (primary N) is 1. The van der Waals surface area contributed by atoms with Gasteiger partial charge in [0, 0.05) is 12.1 Å². The average Bonchev–Trinajstić information content (AvgIpc) is 3.37. The highest BCUT2D eigenvalue weighted by Crippen LogP contribution is 2.41. The maximum absolute atomic E-state index is 14.3. The molecule has 3 unspecified atom stereocenters. The molecule has 6 heteroatoms. The highest BCUT2D eigenvalue weighted by atomic mass is 16.2. The first-order chi connectivity index (χ1) is 17.8. The molecule has 0 radical (unpaired) electrons. The van der Waals surface area contributed by atoms with Crippen LogP contribution in [0.25, 0.3) is 11.1 Å². The molecule has 1 aliphatic carbocycles. The second kappa shape index (κ2) is 11.8. The van der Waals surface area contributed by atoms with Gasteiger partial charge in [0.1, 0.15) is 6.04 Å². The van der Waals surface area contributed by atoms with E-state index >= 15 is 0 Å². The number of hydrogen-bond acceptors (Lipinski definition) is 3. The third-order valence-corrected chi connectivity index (χ3v) is 7.81. The smallest absolute Gasteiger partial charge is 0.254 e. The fourth-order valence-electron chi connectivity index (χ4n) is 5.99. The van der Waals surface area contributed by atoms with Crippen molar-refractivity contribution in [3.05, 3.63) is 66.7 Å². The van der Waals surface area contributed by atoms with E-state index in [4.69, 9.17) is 5.73 Å². The standard InChI is InChI=1S/C31H39N3O3/c1-4-11-25(29(32)35)26(18-20(2)3)30(36)33-28-24-16-8-7-14-22(24)23-15-9-10-17-27(23)34(31(28)37)19-21-12-5-6-13-21/h4,7-10,14-17,20-21,25-26,28H,1,5-6,11-13,18-19H2,2-3H3,(H2,32,35)(H,33,36). The van der Waals surface area contributed by atoms with Crippen LogP contribution in [0, 0.1) is 23.7 Å². The quantitative estimate of drug-likeness (QED) is 0.428. The molecule has 1 heterocycles. The van der Waals surface area contributed by atoms with Gasteiger partial charge in [-0.05, 0) is 54.7 Å². The Balaban J connectivity index is 1.75. The summed E-state index contributed by atoms with van der Waals surface area (Å²) in [7, 11) is 0. The molecule has 0 spiro atoms. The van der Waals surface area contributed by atoms with E-state index in [1.807, 2.05) is 67.3 Å². The minimum Gasteiger partial charge on any atom is -0.369 e. The zero-order valence-electron chi connectivity index (χ0n) is 22.0.